The minimum absolute atomic E-state index is 0.0848. The van der Waals surface area contributed by atoms with E-state index < -0.39 is 23.8 Å². The van der Waals surface area contributed by atoms with Crippen molar-refractivity contribution in [2.75, 3.05) is 13.2 Å². The lowest BCUT2D eigenvalue weighted by Crippen LogP contribution is -2.51. The number of carboxylic acids is 1. The Hall–Kier alpha value is -2.42. The number of aliphatic carboxylic acids is 1. The fourth-order valence-corrected chi connectivity index (χ4v) is 7.76. The lowest BCUT2D eigenvalue weighted by molar-refractivity contribution is -0.143. The average Bonchev–Trinajstić information content (AvgIpc) is 3.15. The first-order valence-corrected chi connectivity index (χ1v) is 13.8. The molecule has 3 saturated carbocycles. The molecular weight excluding hydrogens is 474 g/mol. The third-order valence-corrected chi connectivity index (χ3v) is 10.0. The van der Waals surface area contributed by atoms with Gasteiger partial charge in [0.15, 0.2) is 6.61 Å². The van der Waals surface area contributed by atoms with Crippen molar-refractivity contribution in [1.29, 1.82) is 0 Å². The first-order chi connectivity index (χ1) is 17.5. The molecule has 0 spiro atoms. The van der Waals surface area contributed by atoms with Gasteiger partial charge in [-0.05, 0) is 91.9 Å². The molecule has 206 valence electrons. The summed E-state index contributed by atoms with van der Waals surface area (Å²) in [4.78, 5) is 40.6. The van der Waals surface area contributed by atoms with E-state index in [9.17, 15) is 19.5 Å². The van der Waals surface area contributed by atoms with E-state index in [1.54, 1.807) is 13.8 Å². The van der Waals surface area contributed by atoms with Crippen molar-refractivity contribution in [2.45, 2.75) is 91.2 Å². The molecule has 0 aliphatic heterocycles. The zero-order chi connectivity index (χ0) is 27.0. The van der Waals surface area contributed by atoms with Crippen LogP contribution in [0.1, 0.15) is 79.1 Å². The molecule has 4 N–H and O–H groups in total. The highest BCUT2D eigenvalue weighted by Gasteiger charge is 2.58. The number of amides is 2. The van der Waals surface area contributed by atoms with E-state index >= 15 is 0 Å². The smallest absolute Gasteiger partial charge is 0.326 e. The van der Waals surface area contributed by atoms with Crippen LogP contribution in [0.5, 0.6) is 0 Å². The fourth-order valence-electron chi connectivity index (χ4n) is 7.76. The summed E-state index contributed by atoms with van der Waals surface area (Å²) < 4.78 is 0. The number of allylic oxidation sites excluding steroid dienone is 2. The summed E-state index contributed by atoms with van der Waals surface area (Å²) in [6, 6.07) is -1.00. The van der Waals surface area contributed by atoms with Crippen LogP contribution in [0.3, 0.4) is 0 Å². The molecule has 2 amide bonds. The predicted molar refractivity (Wildman–Crippen MR) is 139 cm³/mol. The lowest BCUT2D eigenvalue weighted by Gasteiger charge is -2.57. The van der Waals surface area contributed by atoms with Crippen molar-refractivity contribution in [2.24, 2.45) is 39.7 Å². The summed E-state index contributed by atoms with van der Waals surface area (Å²) in [5.74, 6) is -0.492. The topological polar surface area (TPSA) is 137 Å². The number of hydrogen-bond donors (Lipinski definition) is 4. The summed E-state index contributed by atoms with van der Waals surface area (Å²) in [6.45, 7) is 7.49. The zero-order valence-electron chi connectivity index (χ0n) is 22.6. The van der Waals surface area contributed by atoms with Gasteiger partial charge in [0.2, 0.25) is 5.91 Å². The van der Waals surface area contributed by atoms with E-state index in [1.165, 1.54) is 12.0 Å². The molecule has 0 saturated heterocycles. The molecule has 0 heterocycles. The molecule has 4 aliphatic carbocycles. The summed E-state index contributed by atoms with van der Waals surface area (Å²) in [6.07, 6.45) is 10.4. The van der Waals surface area contributed by atoms with Gasteiger partial charge in [-0.2, -0.15) is 0 Å². The largest absolute Gasteiger partial charge is 0.480 e. The molecule has 0 unspecified atom stereocenters. The highest BCUT2D eigenvalue weighted by atomic mass is 16.6. The standard InChI is InChI=1S/C28H43N3O6/c1-16(2)25(26(35)36)30-23(33)14-29-24(34)15-37-31-18-9-11-27(3)17(13-18)5-6-19-20-7-8-22(32)28(20,4)12-10-21(19)27/h13,16,19-22,25,32H,5-12,14-15H2,1-4H3,(H,29,34)(H,30,33)(H,35,36)/b31-18-/t19-,20+,21-,22+,25-,27-,28-/m0/s1. The molecule has 4 aliphatic rings. The maximum atomic E-state index is 12.1. The van der Waals surface area contributed by atoms with E-state index in [-0.39, 0.29) is 36.0 Å². The van der Waals surface area contributed by atoms with Gasteiger partial charge in [-0.15, -0.1) is 0 Å². The summed E-state index contributed by atoms with van der Waals surface area (Å²) in [7, 11) is 0. The summed E-state index contributed by atoms with van der Waals surface area (Å²) in [5.41, 5.74) is 2.52. The van der Waals surface area contributed by atoms with Crippen LogP contribution in [0.2, 0.25) is 0 Å². The van der Waals surface area contributed by atoms with E-state index in [2.05, 4.69) is 35.7 Å². The van der Waals surface area contributed by atoms with Crippen LogP contribution in [0.4, 0.5) is 0 Å². The Morgan fingerprint density at radius 2 is 1.84 bits per heavy atom. The first kappa shape index (κ1) is 27.6. The zero-order valence-corrected chi connectivity index (χ0v) is 22.6. The minimum Gasteiger partial charge on any atom is -0.480 e. The lowest BCUT2D eigenvalue weighted by atomic mass is 9.47. The quantitative estimate of drug-likeness (QED) is 0.365. The van der Waals surface area contributed by atoms with Gasteiger partial charge in [0.05, 0.1) is 18.4 Å². The molecule has 37 heavy (non-hydrogen) atoms. The molecule has 0 radical (unpaired) electrons. The van der Waals surface area contributed by atoms with Gasteiger partial charge in [0.25, 0.3) is 5.91 Å². The SMILES string of the molecule is CC(C)[C@H](NC(=O)CNC(=O)CO/N=C1\C=C2CC[C@H]3[C@H]4CC[C@@H](O)[C@@]4(C)CC[C@@H]3[C@@]2(C)CC1)C(=O)O. The van der Waals surface area contributed by atoms with E-state index in [1.807, 2.05) is 0 Å². The van der Waals surface area contributed by atoms with Gasteiger partial charge in [0.1, 0.15) is 6.04 Å². The Morgan fingerprint density at radius 1 is 1.08 bits per heavy atom. The third-order valence-electron chi connectivity index (χ3n) is 10.0. The van der Waals surface area contributed by atoms with Crippen molar-refractivity contribution in [3.63, 3.8) is 0 Å². The number of carboxylic acid groups (broad SMARTS) is 1. The number of carbonyl (C=O) groups is 3. The minimum atomic E-state index is -1.11. The normalized spacial score (nSPS) is 36.6. The number of rotatable bonds is 8. The number of oxime groups is 1. The monoisotopic (exact) mass is 517 g/mol. The fraction of sp³-hybridized carbons (Fsp3) is 0.786. The second kappa shape index (κ2) is 10.8. The Bertz CT molecular complexity index is 977. The number of carbonyl (C=O) groups excluding carboxylic acids is 2. The van der Waals surface area contributed by atoms with Crippen LogP contribution in [0, 0.1) is 34.5 Å². The number of nitrogens with one attached hydrogen (secondary N) is 2. The van der Waals surface area contributed by atoms with Crippen LogP contribution < -0.4 is 10.6 Å². The number of fused-ring (bicyclic) bond motifs is 5. The van der Waals surface area contributed by atoms with E-state index in [0.29, 0.717) is 17.8 Å². The second-order valence-corrected chi connectivity index (χ2v) is 12.4. The predicted octanol–water partition coefficient (Wildman–Crippen LogP) is 3.02. The third kappa shape index (κ3) is 5.42. The Labute approximate surface area is 219 Å². The number of aliphatic hydroxyl groups excluding tert-OH is 1. The molecule has 7 atom stereocenters. The Morgan fingerprint density at radius 3 is 2.54 bits per heavy atom. The number of aliphatic hydroxyl groups is 1. The van der Waals surface area contributed by atoms with Crippen LogP contribution >= 0.6 is 0 Å². The van der Waals surface area contributed by atoms with Crippen molar-refractivity contribution in [1.82, 2.24) is 10.6 Å². The molecular formula is C28H43N3O6. The van der Waals surface area contributed by atoms with Gasteiger partial charge in [-0.3, -0.25) is 9.59 Å². The average molecular weight is 518 g/mol. The van der Waals surface area contributed by atoms with Gasteiger partial charge >= 0.3 is 5.97 Å². The highest BCUT2D eigenvalue weighted by Crippen LogP contribution is 2.65. The molecule has 0 bridgehead atoms. The molecule has 0 aromatic rings. The number of nitrogens with zero attached hydrogens (tertiary/aromatic N) is 1. The van der Waals surface area contributed by atoms with E-state index in [0.717, 1.165) is 50.7 Å². The molecule has 9 nitrogen and oxygen atoms in total. The van der Waals surface area contributed by atoms with Crippen LogP contribution in [0.25, 0.3) is 0 Å². The van der Waals surface area contributed by atoms with Crippen molar-refractivity contribution in [3.05, 3.63) is 11.6 Å². The molecule has 0 aromatic heterocycles. The van der Waals surface area contributed by atoms with Gasteiger partial charge in [-0.25, -0.2) is 4.79 Å². The summed E-state index contributed by atoms with van der Waals surface area (Å²) >= 11 is 0. The maximum absolute atomic E-state index is 12.1. The van der Waals surface area contributed by atoms with Crippen molar-refractivity contribution >= 4 is 23.5 Å². The van der Waals surface area contributed by atoms with Gasteiger partial charge in [-0.1, -0.05) is 38.4 Å². The van der Waals surface area contributed by atoms with E-state index in [4.69, 9.17) is 9.94 Å². The van der Waals surface area contributed by atoms with Crippen molar-refractivity contribution < 1.29 is 29.4 Å². The van der Waals surface area contributed by atoms with Gasteiger partial charge in [0, 0.05) is 0 Å². The van der Waals surface area contributed by atoms with Crippen molar-refractivity contribution in [3.8, 4) is 0 Å². The molecule has 4 rings (SSSR count). The van der Waals surface area contributed by atoms with Crippen LogP contribution in [-0.2, 0) is 19.2 Å². The Balaban J connectivity index is 1.28. The Kier molecular flexibility index (Phi) is 8.02. The second-order valence-electron chi connectivity index (χ2n) is 12.4. The molecule has 3 fully saturated rings. The number of hydrogen-bond acceptors (Lipinski definition) is 6. The first-order valence-electron chi connectivity index (χ1n) is 13.8. The highest BCUT2D eigenvalue weighted by molar-refractivity contribution is 5.96. The van der Waals surface area contributed by atoms with Crippen LogP contribution in [0.15, 0.2) is 16.8 Å². The summed E-state index contributed by atoms with van der Waals surface area (Å²) in [5, 5.41) is 28.9. The maximum Gasteiger partial charge on any atom is 0.326 e. The van der Waals surface area contributed by atoms with Crippen LogP contribution in [-0.4, -0.2) is 59.0 Å². The molecule has 9 heteroatoms. The molecule has 0 aromatic carbocycles. The van der Waals surface area contributed by atoms with Gasteiger partial charge < -0.3 is 25.7 Å².